The number of carbonyl (C=O) groups excluding carboxylic acids is 2. The van der Waals surface area contributed by atoms with E-state index in [0.717, 1.165) is 45.0 Å². The Labute approximate surface area is 214 Å². The Hall–Kier alpha value is -1.94. The van der Waals surface area contributed by atoms with Gasteiger partial charge in [0.1, 0.15) is 0 Å². The van der Waals surface area contributed by atoms with Gasteiger partial charge >= 0.3 is 0 Å². The quantitative estimate of drug-likeness (QED) is 0.114. The Morgan fingerprint density at radius 3 is 2.39 bits per heavy atom. The molecule has 2 N–H and O–H groups in total. The number of benzene rings is 1. The Morgan fingerprint density at radius 2 is 1.76 bits per heavy atom. The normalized spacial score (nSPS) is 25.5. The van der Waals surface area contributed by atoms with Crippen LogP contribution in [0.25, 0.3) is 0 Å². The van der Waals surface area contributed by atoms with Crippen molar-refractivity contribution in [3.63, 3.8) is 0 Å². The number of likely N-dealkylation sites (tertiary alicyclic amines) is 1. The maximum absolute atomic E-state index is 12.8. The molecule has 0 aromatic heterocycles. The summed E-state index contributed by atoms with van der Waals surface area (Å²) in [5.74, 6) is 1.06. The number of halogens is 1. The van der Waals surface area contributed by atoms with E-state index in [1.807, 2.05) is 13.0 Å². The molecule has 3 aliphatic rings. The first-order valence-corrected chi connectivity index (χ1v) is 11.9. The number of carbonyl (C=O) groups is 2. The summed E-state index contributed by atoms with van der Waals surface area (Å²) in [5, 5.41) is 6.53. The smallest absolute Gasteiger partial charge is 0.233 e. The molecule has 2 bridgehead atoms. The Morgan fingerprint density at radius 1 is 1.09 bits per heavy atom. The zero-order valence-electron chi connectivity index (χ0n) is 19.6. The molecule has 4 rings (SSSR count). The lowest BCUT2D eigenvalue weighted by atomic mass is 9.85. The van der Waals surface area contributed by atoms with Gasteiger partial charge in [0.2, 0.25) is 11.8 Å². The molecule has 1 aliphatic heterocycles. The third kappa shape index (κ3) is 5.95. The minimum atomic E-state index is -0.118. The summed E-state index contributed by atoms with van der Waals surface area (Å²) in [4.78, 5) is 34.0. The lowest BCUT2D eigenvalue weighted by Gasteiger charge is -2.19. The molecule has 1 saturated heterocycles. The molecule has 1 heterocycles. The van der Waals surface area contributed by atoms with E-state index in [0.29, 0.717) is 13.1 Å². The maximum Gasteiger partial charge on any atom is 0.233 e. The fraction of sp³-hybridized carbons (Fsp3) is 0.560. The maximum atomic E-state index is 12.8. The van der Waals surface area contributed by atoms with Crippen molar-refractivity contribution in [1.82, 2.24) is 20.4 Å². The van der Waals surface area contributed by atoms with Gasteiger partial charge in [0.25, 0.3) is 0 Å². The zero-order valence-corrected chi connectivity index (χ0v) is 21.9. The zero-order chi connectivity index (χ0) is 22.5. The highest BCUT2D eigenvalue weighted by Gasteiger charge is 2.58. The summed E-state index contributed by atoms with van der Waals surface area (Å²) in [5.41, 5.74) is 1.31. The number of aliphatic imine (C=N–C) groups is 1. The van der Waals surface area contributed by atoms with E-state index in [1.165, 1.54) is 10.5 Å². The average molecular weight is 566 g/mol. The average Bonchev–Trinajstić information content (AvgIpc) is 3.47. The summed E-state index contributed by atoms with van der Waals surface area (Å²) >= 11 is 0. The van der Waals surface area contributed by atoms with Gasteiger partial charge in [0, 0.05) is 32.7 Å². The van der Waals surface area contributed by atoms with Crippen LogP contribution in [-0.4, -0.2) is 67.3 Å². The van der Waals surface area contributed by atoms with E-state index < -0.39 is 0 Å². The molecular formula is C25H36IN5O2. The summed E-state index contributed by atoms with van der Waals surface area (Å²) in [6, 6.07) is 10.5. The number of nitrogens with one attached hydrogen (secondary N) is 2. The lowest BCUT2D eigenvalue weighted by Crippen LogP contribution is -2.43. The van der Waals surface area contributed by atoms with Crippen molar-refractivity contribution in [1.29, 1.82) is 0 Å². The Balaban J connectivity index is 0.00000306. The summed E-state index contributed by atoms with van der Waals surface area (Å²) < 4.78 is 0. The second-order valence-electron chi connectivity index (χ2n) is 9.09. The first-order chi connectivity index (χ1) is 15.6. The third-order valence-electron chi connectivity index (χ3n) is 6.80. The van der Waals surface area contributed by atoms with Gasteiger partial charge in [-0.3, -0.25) is 19.5 Å². The van der Waals surface area contributed by atoms with Gasteiger partial charge < -0.3 is 15.5 Å². The predicted octanol–water partition coefficient (Wildman–Crippen LogP) is 2.49. The molecule has 2 aliphatic carbocycles. The van der Waals surface area contributed by atoms with Crippen molar-refractivity contribution in [3.8, 4) is 0 Å². The second-order valence-corrected chi connectivity index (χ2v) is 9.09. The van der Waals surface area contributed by atoms with Crippen LogP contribution in [0.1, 0.15) is 25.3 Å². The molecule has 2 amide bonds. The van der Waals surface area contributed by atoms with Gasteiger partial charge in [-0.2, -0.15) is 0 Å². The minimum Gasteiger partial charge on any atom is -0.357 e. The SMILES string of the molecule is CCNC(=NCCCN(C)Cc1ccccc1)NCCN1C(=O)C2C3C=CC(C3)C2C1=O.I. The van der Waals surface area contributed by atoms with E-state index in [9.17, 15) is 9.59 Å². The number of nitrogens with zero attached hydrogens (tertiary/aromatic N) is 3. The number of hydrogen-bond donors (Lipinski definition) is 2. The van der Waals surface area contributed by atoms with Crippen LogP contribution in [0.2, 0.25) is 0 Å². The number of rotatable bonds is 10. The molecule has 4 unspecified atom stereocenters. The van der Waals surface area contributed by atoms with Gasteiger partial charge in [0.15, 0.2) is 5.96 Å². The highest BCUT2D eigenvalue weighted by molar-refractivity contribution is 14.0. The topological polar surface area (TPSA) is 77.0 Å². The molecule has 0 spiro atoms. The number of fused-ring (bicyclic) bond motifs is 5. The van der Waals surface area contributed by atoms with Crippen molar-refractivity contribution >= 4 is 41.8 Å². The first-order valence-electron chi connectivity index (χ1n) is 11.9. The molecule has 8 heteroatoms. The molecule has 0 radical (unpaired) electrons. The first kappa shape index (κ1) is 25.7. The predicted molar refractivity (Wildman–Crippen MR) is 141 cm³/mol. The molecular weight excluding hydrogens is 529 g/mol. The van der Waals surface area contributed by atoms with E-state index in [2.05, 4.69) is 64.0 Å². The standard InChI is InChI=1S/C25H35N5O2.HI/c1-3-26-25(27-12-7-14-29(2)17-18-8-5-4-6-9-18)28-13-15-30-23(31)21-19-10-11-20(16-19)22(21)24(30)32;/h4-6,8-11,19-22H,3,7,12-17H2,1-2H3,(H2,26,27,28);1H. The fourth-order valence-electron chi connectivity index (χ4n) is 5.32. The van der Waals surface area contributed by atoms with Crippen LogP contribution in [0.3, 0.4) is 0 Å². The largest absolute Gasteiger partial charge is 0.357 e. The molecule has 180 valence electrons. The molecule has 33 heavy (non-hydrogen) atoms. The second kappa shape index (κ2) is 12.0. The Bertz CT molecular complexity index is 845. The molecule has 1 saturated carbocycles. The molecule has 4 atom stereocenters. The molecule has 2 fully saturated rings. The highest BCUT2D eigenvalue weighted by atomic mass is 127. The van der Waals surface area contributed by atoms with Crippen molar-refractivity contribution in [2.45, 2.75) is 26.3 Å². The third-order valence-corrected chi connectivity index (χ3v) is 6.80. The van der Waals surface area contributed by atoms with Crippen LogP contribution in [-0.2, 0) is 16.1 Å². The molecule has 7 nitrogen and oxygen atoms in total. The van der Waals surface area contributed by atoms with Crippen LogP contribution in [0.4, 0.5) is 0 Å². The van der Waals surface area contributed by atoms with Crippen molar-refractivity contribution < 1.29 is 9.59 Å². The van der Waals surface area contributed by atoms with E-state index in [4.69, 9.17) is 0 Å². The fourth-order valence-corrected chi connectivity index (χ4v) is 5.32. The van der Waals surface area contributed by atoms with E-state index in [1.54, 1.807) is 0 Å². The van der Waals surface area contributed by atoms with Gasteiger partial charge in [-0.25, -0.2) is 0 Å². The minimum absolute atomic E-state index is 0. The van der Waals surface area contributed by atoms with Crippen LogP contribution >= 0.6 is 24.0 Å². The number of hydrogen-bond acceptors (Lipinski definition) is 4. The highest BCUT2D eigenvalue weighted by Crippen LogP contribution is 2.52. The van der Waals surface area contributed by atoms with Crippen LogP contribution in [0.15, 0.2) is 47.5 Å². The van der Waals surface area contributed by atoms with Gasteiger partial charge in [-0.05, 0) is 50.8 Å². The van der Waals surface area contributed by atoms with Crippen molar-refractivity contribution in [2.75, 3.05) is 39.8 Å². The van der Waals surface area contributed by atoms with Crippen LogP contribution < -0.4 is 10.6 Å². The molecule has 1 aromatic rings. The van der Waals surface area contributed by atoms with Gasteiger partial charge in [-0.1, -0.05) is 42.5 Å². The van der Waals surface area contributed by atoms with Crippen molar-refractivity contribution in [3.05, 3.63) is 48.0 Å². The number of imide groups is 1. The summed E-state index contributed by atoms with van der Waals surface area (Å²) in [6.07, 6.45) is 6.19. The lowest BCUT2D eigenvalue weighted by molar-refractivity contribution is -0.140. The summed E-state index contributed by atoms with van der Waals surface area (Å²) in [6.45, 7) is 6.32. The van der Waals surface area contributed by atoms with Crippen LogP contribution in [0.5, 0.6) is 0 Å². The van der Waals surface area contributed by atoms with Crippen molar-refractivity contribution in [2.24, 2.45) is 28.7 Å². The monoisotopic (exact) mass is 565 g/mol. The van der Waals surface area contributed by atoms with Gasteiger partial charge in [0.05, 0.1) is 11.8 Å². The summed E-state index contributed by atoms with van der Waals surface area (Å²) in [7, 11) is 2.13. The van der Waals surface area contributed by atoms with Crippen LogP contribution in [0, 0.1) is 23.7 Å². The number of amides is 2. The Kier molecular flexibility index (Phi) is 9.31. The molecule has 1 aromatic carbocycles. The van der Waals surface area contributed by atoms with Gasteiger partial charge in [-0.15, -0.1) is 24.0 Å². The number of allylic oxidation sites excluding steroid dienone is 2. The van der Waals surface area contributed by atoms with E-state index in [-0.39, 0.29) is 59.5 Å². The van der Waals surface area contributed by atoms with E-state index >= 15 is 0 Å². The number of guanidine groups is 1.